The van der Waals surface area contributed by atoms with Crippen LogP contribution in [0.2, 0.25) is 0 Å². The lowest BCUT2D eigenvalue weighted by Gasteiger charge is -2.48. The number of carbonyl (C=O) groups excluding carboxylic acids is 4. The molecule has 206 valence electrons. The third-order valence-electron chi connectivity index (χ3n) is 6.47. The highest BCUT2D eigenvalue weighted by molar-refractivity contribution is 8.14. The first-order valence-electron chi connectivity index (χ1n) is 12.1. The number of hydrogen-bond donors (Lipinski definition) is 1. The molecule has 1 N–H and O–H groups in total. The number of β-lactam (4-membered cyclic amide) rings is 1. The van der Waals surface area contributed by atoms with Gasteiger partial charge in [0.1, 0.15) is 12.3 Å². The Kier molecular flexibility index (Phi) is 9.50. The standard InChI is InChI=1S/C25H31N3O9S/c1-14(2)22(24(32)36-4)27-19(21(15(3)29)23(27)31)11-20(30)38-18-9-10-26(12-18)25(33)37-13-16-5-7-17(8-6-16)28(34)35/h5-8,15,18-19,21,29H,9-13H2,1-4H3/t15-,18?,19-,21-/m1/s1. The number of likely N-dealkylation sites (tertiary alicyclic amines) is 2. The Morgan fingerprint density at radius 1 is 1.24 bits per heavy atom. The number of allylic oxidation sites excluding steroid dienone is 1. The van der Waals surface area contributed by atoms with Gasteiger partial charge in [-0.25, -0.2) is 9.59 Å². The molecule has 1 aromatic carbocycles. The molecule has 2 fully saturated rings. The highest BCUT2D eigenvalue weighted by Crippen LogP contribution is 2.38. The molecular formula is C25H31N3O9S. The van der Waals surface area contributed by atoms with E-state index in [1.54, 1.807) is 13.8 Å². The van der Waals surface area contributed by atoms with E-state index in [1.807, 2.05) is 0 Å². The molecule has 1 aromatic rings. The van der Waals surface area contributed by atoms with Gasteiger partial charge in [-0.05, 0) is 50.5 Å². The molecule has 2 heterocycles. The van der Waals surface area contributed by atoms with Crippen LogP contribution in [-0.2, 0) is 30.5 Å². The molecule has 2 aliphatic heterocycles. The number of esters is 1. The Morgan fingerprint density at radius 3 is 2.45 bits per heavy atom. The minimum absolute atomic E-state index is 0.0385. The fraction of sp³-hybridized carbons (Fsp3) is 0.520. The number of nitro groups is 1. The number of thioether (sulfide) groups is 1. The van der Waals surface area contributed by atoms with E-state index in [1.165, 1.54) is 48.1 Å². The van der Waals surface area contributed by atoms with Gasteiger partial charge in [0.2, 0.25) is 5.91 Å². The second-order valence-corrected chi connectivity index (χ2v) is 10.8. The van der Waals surface area contributed by atoms with Crippen molar-refractivity contribution in [3.8, 4) is 0 Å². The van der Waals surface area contributed by atoms with Gasteiger partial charge in [-0.1, -0.05) is 11.8 Å². The van der Waals surface area contributed by atoms with Crippen molar-refractivity contribution in [1.29, 1.82) is 0 Å². The monoisotopic (exact) mass is 549 g/mol. The Morgan fingerprint density at radius 2 is 1.89 bits per heavy atom. The summed E-state index contributed by atoms with van der Waals surface area (Å²) >= 11 is 1.07. The van der Waals surface area contributed by atoms with E-state index in [2.05, 4.69) is 0 Å². The zero-order valence-electron chi connectivity index (χ0n) is 21.6. The van der Waals surface area contributed by atoms with Gasteiger partial charge in [0.15, 0.2) is 5.12 Å². The van der Waals surface area contributed by atoms with Crippen LogP contribution in [0.3, 0.4) is 0 Å². The normalized spacial score (nSPS) is 21.4. The fourth-order valence-electron chi connectivity index (χ4n) is 4.57. The van der Waals surface area contributed by atoms with Crippen LogP contribution in [0.5, 0.6) is 0 Å². The zero-order valence-corrected chi connectivity index (χ0v) is 22.4. The molecule has 2 saturated heterocycles. The van der Waals surface area contributed by atoms with Crippen LogP contribution in [0.15, 0.2) is 35.5 Å². The molecule has 13 heteroatoms. The largest absolute Gasteiger partial charge is 0.464 e. The number of ether oxygens (including phenoxy) is 2. The van der Waals surface area contributed by atoms with Crippen LogP contribution >= 0.6 is 11.8 Å². The summed E-state index contributed by atoms with van der Waals surface area (Å²) in [7, 11) is 1.21. The third-order valence-corrected chi connectivity index (χ3v) is 7.62. The summed E-state index contributed by atoms with van der Waals surface area (Å²) in [6.07, 6.45) is -1.04. The second kappa shape index (κ2) is 12.4. The smallest absolute Gasteiger partial charge is 0.410 e. The average molecular weight is 550 g/mol. The van der Waals surface area contributed by atoms with Crippen molar-refractivity contribution in [1.82, 2.24) is 9.80 Å². The summed E-state index contributed by atoms with van der Waals surface area (Å²) in [6.45, 7) is 5.46. The minimum atomic E-state index is -0.995. The van der Waals surface area contributed by atoms with E-state index in [0.29, 0.717) is 30.6 Å². The van der Waals surface area contributed by atoms with Crippen LogP contribution in [-0.4, -0.2) is 80.5 Å². The van der Waals surface area contributed by atoms with Gasteiger partial charge in [0.05, 0.1) is 30.1 Å². The lowest BCUT2D eigenvalue weighted by atomic mass is 9.80. The highest BCUT2D eigenvalue weighted by atomic mass is 32.2. The number of nitro benzene ring substituents is 1. The summed E-state index contributed by atoms with van der Waals surface area (Å²) < 4.78 is 10.1. The van der Waals surface area contributed by atoms with Crippen molar-refractivity contribution in [2.75, 3.05) is 20.2 Å². The Balaban J connectivity index is 1.55. The molecule has 1 unspecified atom stereocenters. The van der Waals surface area contributed by atoms with Crippen LogP contribution in [0.25, 0.3) is 0 Å². The average Bonchev–Trinajstić information content (AvgIpc) is 3.33. The molecule has 0 aliphatic carbocycles. The van der Waals surface area contributed by atoms with Crippen molar-refractivity contribution in [3.05, 3.63) is 51.2 Å². The maximum atomic E-state index is 12.9. The Hall–Kier alpha value is -3.45. The maximum absolute atomic E-state index is 12.9. The quantitative estimate of drug-likeness (QED) is 0.160. The molecule has 3 rings (SSSR count). The number of aliphatic hydroxyl groups excluding tert-OH is 1. The van der Waals surface area contributed by atoms with E-state index >= 15 is 0 Å². The Bertz CT molecular complexity index is 1130. The molecule has 0 radical (unpaired) electrons. The summed E-state index contributed by atoms with van der Waals surface area (Å²) in [4.78, 5) is 63.4. The third kappa shape index (κ3) is 6.51. The fourth-order valence-corrected chi connectivity index (χ4v) is 5.69. The van der Waals surface area contributed by atoms with Gasteiger partial charge in [0.25, 0.3) is 5.69 Å². The van der Waals surface area contributed by atoms with Gasteiger partial charge >= 0.3 is 12.1 Å². The molecular weight excluding hydrogens is 518 g/mol. The molecule has 2 aliphatic rings. The van der Waals surface area contributed by atoms with Crippen molar-refractivity contribution in [3.63, 3.8) is 0 Å². The number of rotatable bonds is 9. The maximum Gasteiger partial charge on any atom is 0.410 e. The number of hydrogen-bond acceptors (Lipinski definition) is 10. The van der Waals surface area contributed by atoms with Gasteiger partial charge in [-0.2, -0.15) is 0 Å². The molecule has 38 heavy (non-hydrogen) atoms. The lowest BCUT2D eigenvalue weighted by Crippen LogP contribution is -2.64. The second-order valence-electron chi connectivity index (χ2n) is 9.41. The highest BCUT2D eigenvalue weighted by Gasteiger charge is 2.53. The summed E-state index contributed by atoms with van der Waals surface area (Å²) in [6, 6.07) is 5.02. The van der Waals surface area contributed by atoms with Crippen LogP contribution in [0, 0.1) is 16.0 Å². The van der Waals surface area contributed by atoms with Gasteiger partial charge in [0, 0.05) is 36.9 Å². The topological polar surface area (TPSA) is 157 Å². The summed E-state index contributed by atoms with van der Waals surface area (Å²) in [5.41, 5.74) is 1.18. The number of methoxy groups -OCH3 is 1. The molecule has 0 saturated carbocycles. The van der Waals surface area contributed by atoms with Gasteiger partial charge in [-0.15, -0.1) is 0 Å². The van der Waals surface area contributed by atoms with E-state index in [-0.39, 0.29) is 34.8 Å². The van der Waals surface area contributed by atoms with Crippen molar-refractivity contribution >= 4 is 40.5 Å². The van der Waals surface area contributed by atoms with E-state index < -0.39 is 41.0 Å². The number of aliphatic hydroxyl groups is 1. The van der Waals surface area contributed by atoms with E-state index in [4.69, 9.17) is 9.47 Å². The Labute approximate surface area is 224 Å². The van der Waals surface area contributed by atoms with E-state index in [0.717, 1.165) is 11.8 Å². The molecule has 4 atom stereocenters. The first-order chi connectivity index (χ1) is 17.9. The first-order valence-corrected chi connectivity index (χ1v) is 12.9. The zero-order chi connectivity index (χ0) is 28.1. The number of benzene rings is 1. The van der Waals surface area contributed by atoms with Crippen LogP contribution in [0.4, 0.5) is 10.5 Å². The van der Waals surface area contributed by atoms with Crippen LogP contribution < -0.4 is 0 Å². The van der Waals surface area contributed by atoms with Gasteiger partial charge in [-0.3, -0.25) is 19.7 Å². The number of nitrogens with zero attached hydrogens (tertiary/aromatic N) is 3. The summed E-state index contributed by atoms with van der Waals surface area (Å²) in [5.74, 6) is -1.94. The molecule has 0 aromatic heterocycles. The predicted octanol–water partition coefficient (Wildman–Crippen LogP) is 2.63. The molecule has 2 amide bonds. The van der Waals surface area contributed by atoms with E-state index in [9.17, 15) is 34.4 Å². The molecule has 0 spiro atoms. The number of amides is 2. The van der Waals surface area contributed by atoms with Crippen molar-refractivity contribution in [2.24, 2.45) is 5.92 Å². The predicted molar refractivity (Wildman–Crippen MR) is 137 cm³/mol. The van der Waals surface area contributed by atoms with Crippen LogP contribution in [0.1, 0.15) is 39.2 Å². The molecule has 12 nitrogen and oxygen atoms in total. The van der Waals surface area contributed by atoms with Crippen molar-refractivity contribution in [2.45, 2.75) is 57.6 Å². The number of non-ortho nitro benzene ring substituents is 1. The number of carbonyl (C=O) groups is 4. The van der Waals surface area contributed by atoms with Gasteiger partial charge < -0.3 is 24.4 Å². The first kappa shape index (κ1) is 29.1. The minimum Gasteiger partial charge on any atom is -0.464 e. The lowest BCUT2D eigenvalue weighted by molar-refractivity contribution is -0.384. The van der Waals surface area contributed by atoms with Crippen molar-refractivity contribution < 1.29 is 38.7 Å². The molecule has 0 bridgehead atoms. The SMILES string of the molecule is COC(=O)C(=C(C)C)N1C(=O)[C@H]([C@@H](C)O)[C@H]1CC(=O)SC1CCN(C(=O)OCc2ccc([N+](=O)[O-])cc2)C1. The summed E-state index contributed by atoms with van der Waals surface area (Å²) in [5, 5.41) is 20.5.